The maximum atomic E-state index is 13.5. The molecule has 8 heteroatoms. The minimum absolute atomic E-state index is 0.0693. The summed E-state index contributed by atoms with van der Waals surface area (Å²) in [6.07, 6.45) is 9.66. The summed E-state index contributed by atoms with van der Waals surface area (Å²) in [5, 5.41) is 12.4. The van der Waals surface area contributed by atoms with Crippen LogP contribution < -0.4 is 5.32 Å². The summed E-state index contributed by atoms with van der Waals surface area (Å²) in [7, 11) is 0. The van der Waals surface area contributed by atoms with Crippen molar-refractivity contribution in [1.82, 2.24) is 10.2 Å². The van der Waals surface area contributed by atoms with Gasteiger partial charge in [0.25, 0.3) is 5.91 Å². The maximum Gasteiger partial charge on any atom is 0.326 e. The number of hydrogen-bond donors (Lipinski definition) is 2. The van der Waals surface area contributed by atoms with Crippen molar-refractivity contribution in [2.75, 3.05) is 23.5 Å². The third-order valence-corrected chi connectivity index (χ3v) is 9.69. The molecule has 0 saturated heterocycles. The minimum atomic E-state index is -1.03. The molecule has 1 aliphatic carbocycles. The van der Waals surface area contributed by atoms with Gasteiger partial charge in [-0.15, -0.1) is 0 Å². The van der Waals surface area contributed by atoms with Crippen molar-refractivity contribution in [3.05, 3.63) is 59.2 Å². The lowest BCUT2D eigenvalue weighted by Gasteiger charge is -2.35. The molecule has 3 rings (SSSR count). The molecule has 0 bridgehead atoms. The number of nitrogens with zero attached hydrogens (tertiary/aromatic N) is 1. The highest BCUT2D eigenvalue weighted by molar-refractivity contribution is 7.99. The lowest BCUT2D eigenvalue weighted by atomic mass is 9.84. The zero-order valence-electron chi connectivity index (χ0n) is 25.0. The number of hydrogen-bond acceptors (Lipinski definition) is 5. The highest BCUT2D eigenvalue weighted by Crippen LogP contribution is 2.32. The van der Waals surface area contributed by atoms with Crippen molar-refractivity contribution in [2.45, 2.75) is 84.3 Å². The molecule has 1 saturated carbocycles. The SMILES string of the molecule is CCSCC(CC1CCCCC1)N(Cc1ccc(C(=O)NC(CCSC)C(=O)O)c(-c2ccccc2C)c1)C(C)=O. The molecular weight excluding hydrogens is 553 g/mol. The Morgan fingerprint density at radius 3 is 2.44 bits per heavy atom. The summed E-state index contributed by atoms with van der Waals surface area (Å²) in [5.41, 5.74) is 4.09. The van der Waals surface area contributed by atoms with Crippen molar-refractivity contribution in [1.29, 1.82) is 0 Å². The number of carbonyl (C=O) groups is 3. The van der Waals surface area contributed by atoms with E-state index < -0.39 is 17.9 Å². The predicted molar refractivity (Wildman–Crippen MR) is 173 cm³/mol. The number of aliphatic carboxylic acids is 1. The number of benzene rings is 2. The zero-order valence-corrected chi connectivity index (χ0v) is 26.6. The van der Waals surface area contributed by atoms with E-state index in [0.29, 0.717) is 30.2 Å². The van der Waals surface area contributed by atoms with Crippen molar-refractivity contribution < 1.29 is 19.5 Å². The Kier molecular flexibility index (Phi) is 13.6. The molecule has 0 heterocycles. The Labute approximate surface area is 254 Å². The third-order valence-electron chi connectivity index (χ3n) is 8.02. The topological polar surface area (TPSA) is 86.7 Å². The van der Waals surface area contributed by atoms with Crippen LogP contribution in [0.25, 0.3) is 11.1 Å². The highest BCUT2D eigenvalue weighted by atomic mass is 32.2. The van der Waals surface area contributed by atoms with Gasteiger partial charge in [0.1, 0.15) is 6.04 Å². The summed E-state index contributed by atoms with van der Waals surface area (Å²) in [5.74, 6) is 1.87. The van der Waals surface area contributed by atoms with Gasteiger partial charge in [-0.1, -0.05) is 69.4 Å². The second kappa shape index (κ2) is 16.9. The van der Waals surface area contributed by atoms with Gasteiger partial charge in [-0.2, -0.15) is 23.5 Å². The summed E-state index contributed by atoms with van der Waals surface area (Å²) >= 11 is 3.44. The number of carboxylic acids is 1. The first kappa shape index (κ1) is 33.1. The standard InChI is InChI=1S/C33H46N2O4S2/c1-5-41-22-27(19-25-12-7-6-8-13-25)35(24(3)36)21-26-15-16-29(30(20-26)28-14-10-9-11-23(28)2)32(37)34-31(33(38)39)17-18-40-4/h9-11,14-16,20,25,27,31H,5-8,12-13,17-19,21-22H2,1-4H3,(H,34,37)(H,38,39). The summed E-state index contributed by atoms with van der Waals surface area (Å²) < 4.78 is 0. The van der Waals surface area contributed by atoms with Crippen molar-refractivity contribution in [3.63, 3.8) is 0 Å². The molecule has 224 valence electrons. The monoisotopic (exact) mass is 598 g/mol. The van der Waals surface area contributed by atoms with Gasteiger partial charge in [-0.3, -0.25) is 9.59 Å². The molecule has 2 N–H and O–H groups in total. The molecule has 0 aliphatic heterocycles. The van der Waals surface area contributed by atoms with Crippen LogP contribution in [0.15, 0.2) is 42.5 Å². The fraction of sp³-hybridized carbons (Fsp3) is 0.545. The smallest absolute Gasteiger partial charge is 0.326 e. The van der Waals surface area contributed by atoms with Crippen molar-refractivity contribution in [2.24, 2.45) is 5.92 Å². The number of thioether (sulfide) groups is 2. The molecule has 2 aromatic rings. The summed E-state index contributed by atoms with van der Waals surface area (Å²) in [6, 6.07) is 12.8. The first-order valence-corrected chi connectivity index (χ1v) is 17.4. The molecule has 1 aliphatic rings. The third kappa shape index (κ3) is 9.81. The summed E-state index contributed by atoms with van der Waals surface area (Å²) in [4.78, 5) is 40.4. The largest absolute Gasteiger partial charge is 0.480 e. The van der Waals surface area contributed by atoms with Crippen LogP contribution in [0.5, 0.6) is 0 Å². The average molecular weight is 599 g/mol. The lowest BCUT2D eigenvalue weighted by molar-refractivity contribution is -0.139. The Morgan fingerprint density at radius 2 is 1.80 bits per heavy atom. The van der Waals surface area contributed by atoms with E-state index in [1.165, 1.54) is 32.1 Å². The molecule has 1 fully saturated rings. The minimum Gasteiger partial charge on any atom is -0.480 e. The van der Waals surface area contributed by atoms with Crippen LogP contribution in [0.4, 0.5) is 0 Å². The van der Waals surface area contributed by atoms with Gasteiger partial charge in [0.05, 0.1) is 0 Å². The molecule has 2 atom stereocenters. The number of nitrogens with one attached hydrogen (secondary N) is 1. The van der Waals surface area contributed by atoms with Crippen LogP contribution in [0, 0.1) is 12.8 Å². The predicted octanol–water partition coefficient (Wildman–Crippen LogP) is 7.04. The molecule has 0 aromatic heterocycles. The van der Waals surface area contributed by atoms with E-state index in [0.717, 1.165) is 40.2 Å². The van der Waals surface area contributed by atoms with Gasteiger partial charge in [-0.05, 0) is 77.8 Å². The van der Waals surface area contributed by atoms with Gasteiger partial charge < -0.3 is 15.3 Å². The van der Waals surface area contributed by atoms with Gasteiger partial charge >= 0.3 is 5.97 Å². The quantitative estimate of drug-likeness (QED) is 0.229. The van der Waals surface area contributed by atoms with Crippen LogP contribution in [-0.4, -0.2) is 63.4 Å². The molecule has 41 heavy (non-hydrogen) atoms. The van der Waals surface area contributed by atoms with Gasteiger partial charge in [0.2, 0.25) is 5.91 Å². The van der Waals surface area contributed by atoms with Gasteiger partial charge in [0.15, 0.2) is 0 Å². The lowest BCUT2D eigenvalue weighted by Crippen LogP contribution is -2.42. The second-order valence-corrected chi connectivity index (χ2v) is 13.3. The maximum absolute atomic E-state index is 13.5. The van der Waals surface area contributed by atoms with Crippen molar-refractivity contribution >= 4 is 41.3 Å². The number of aryl methyl sites for hydroxylation is 1. The van der Waals surface area contributed by atoms with E-state index in [-0.39, 0.29) is 11.9 Å². The fourth-order valence-corrected chi connectivity index (χ4v) is 7.05. The Hall–Kier alpha value is -2.45. The van der Waals surface area contributed by atoms with Crippen LogP contribution in [0.1, 0.15) is 80.3 Å². The van der Waals surface area contributed by atoms with Crippen LogP contribution in [0.3, 0.4) is 0 Å². The highest BCUT2D eigenvalue weighted by Gasteiger charge is 2.27. The van der Waals surface area contributed by atoms with Crippen molar-refractivity contribution in [3.8, 4) is 11.1 Å². The molecule has 2 amide bonds. The average Bonchev–Trinajstić information content (AvgIpc) is 2.96. The van der Waals surface area contributed by atoms with Crippen LogP contribution in [0.2, 0.25) is 0 Å². The summed E-state index contributed by atoms with van der Waals surface area (Å²) in [6.45, 7) is 6.30. The van der Waals surface area contributed by atoms with Crippen LogP contribution >= 0.6 is 23.5 Å². The molecule has 0 radical (unpaired) electrons. The second-order valence-electron chi connectivity index (χ2n) is 11.0. The Balaban J connectivity index is 1.95. The normalized spacial score (nSPS) is 15.2. The number of carbonyl (C=O) groups excluding carboxylic acids is 2. The molecular formula is C33H46N2O4S2. The fourth-order valence-electron chi connectivity index (χ4n) is 5.76. The van der Waals surface area contributed by atoms with Gasteiger partial charge in [-0.25, -0.2) is 4.79 Å². The van der Waals surface area contributed by atoms with E-state index in [9.17, 15) is 19.5 Å². The Bertz CT molecular complexity index is 1170. The number of amides is 2. The van der Waals surface area contributed by atoms with E-state index in [2.05, 4.69) is 12.2 Å². The first-order chi connectivity index (χ1) is 19.7. The molecule has 0 spiro atoms. The van der Waals surface area contributed by atoms with E-state index in [1.807, 2.05) is 66.2 Å². The van der Waals surface area contributed by atoms with E-state index in [1.54, 1.807) is 24.8 Å². The molecule has 2 unspecified atom stereocenters. The van der Waals surface area contributed by atoms with Crippen LogP contribution in [-0.2, 0) is 16.1 Å². The molecule has 2 aromatic carbocycles. The zero-order chi connectivity index (χ0) is 29.8. The number of carboxylic acid groups (broad SMARTS) is 1. The molecule has 6 nitrogen and oxygen atoms in total. The van der Waals surface area contributed by atoms with E-state index in [4.69, 9.17) is 0 Å². The van der Waals surface area contributed by atoms with Gasteiger partial charge in [0, 0.05) is 30.8 Å². The number of rotatable bonds is 15. The first-order valence-electron chi connectivity index (χ1n) is 14.8. The van der Waals surface area contributed by atoms with E-state index >= 15 is 0 Å². The Morgan fingerprint density at radius 1 is 1.07 bits per heavy atom.